The van der Waals surface area contributed by atoms with Gasteiger partial charge in [0.05, 0.1) is 0 Å². The van der Waals surface area contributed by atoms with Crippen LogP contribution in [-0.2, 0) is 5.92 Å². The first-order valence-electron chi connectivity index (χ1n) is 5.82. The normalized spacial score (nSPS) is 18.6. The zero-order chi connectivity index (χ0) is 11.4. The van der Waals surface area contributed by atoms with E-state index in [2.05, 4.69) is 5.32 Å². The molecule has 2 rings (SSSR count). The third kappa shape index (κ3) is 2.79. The van der Waals surface area contributed by atoms with Gasteiger partial charge in [0, 0.05) is 12.0 Å². The zero-order valence-corrected chi connectivity index (χ0v) is 9.26. The molecule has 0 unspecified atom stereocenters. The lowest BCUT2D eigenvalue weighted by molar-refractivity contribution is -0.0326. The topological polar surface area (TPSA) is 12.0 Å². The molecule has 1 aliphatic heterocycles. The van der Waals surface area contributed by atoms with Crippen LogP contribution in [0.2, 0.25) is 0 Å². The van der Waals surface area contributed by atoms with Gasteiger partial charge < -0.3 is 5.32 Å². The van der Waals surface area contributed by atoms with Crippen molar-refractivity contribution in [3.8, 4) is 0 Å². The molecule has 0 aliphatic carbocycles. The molecule has 1 aromatic carbocycles. The van der Waals surface area contributed by atoms with Crippen LogP contribution >= 0.6 is 0 Å². The monoisotopic (exact) mass is 225 g/mol. The first-order chi connectivity index (χ1) is 7.68. The van der Waals surface area contributed by atoms with E-state index in [1.165, 1.54) is 12.1 Å². The van der Waals surface area contributed by atoms with Gasteiger partial charge in [0.25, 0.3) is 5.92 Å². The molecule has 0 radical (unpaired) electrons. The fourth-order valence-electron chi connectivity index (χ4n) is 2.25. The van der Waals surface area contributed by atoms with Crippen LogP contribution in [0.5, 0.6) is 0 Å². The highest BCUT2D eigenvalue weighted by Crippen LogP contribution is 2.36. The van der Waals surface area contributed by atoms with Gasteiger partial charge in [-0.25, -0.2) is 8.78 Å². The summed E-state index contributed by atoms with van der Waals surface area (Å²) in [5.41, 5.74) is 0.147. The van der Waals surface area contributed by atoms with Gasteiger partial charge in [0.1, 0.15) is 0 Å². The summed E-state index contributed by atoms with van der Waals surface area (Å²) in [6, 6.07) is 8.14. The van der Waals surface area contributed by atoms with Crippen molar-refractivity contribution >= 4 is 0 Å². The summed E-state index contributed by atoms with van der Waals surface area (Å²) in [5.74, 6) is -2.53. The number of piperidine rings is 1. The Balaban J connectivity index is 2.01. The second kappa shape index (κ2) is 4.91. The molecule has 1 heterocycles. The van der Waals surface area contributed by atoms with Gasteiger partial charge in [0.15, 0.2) is 0 Å². The minimum absolute atomic E-state index is 0.0152. The van der Waals surface area contributed by atoms with Crippen molar-refractivity contribution in [3.63, 3.8) is 0 Å². The Labute approximate surface area is 94.9 Å². The van der Waals surface area contributed by atoms with Gasteiger partial charge in [-0.1, -0.05) is 30.3 Å². The van der Waals surface area contributed by atoms with E-state index in [9.17, 15) is 8.78 Å². The van der Waals surface area contributed by atoms with E-state index in [4.69, 9.17) is 0 Å². The molecule has 1 fully saturated rings. The van der Waals surface area contributed by atoms with E-state index < -0.39 is 5.92 Å². The second-order valence-corrected chi connectivity index (χ2v) is 4.47. The van der Waals surface area contributed by atoms with Crippen molar-refractivity contribution in [2.45, 2.75) is 25.2 Å². The average Bonchev–Trinajstić information content (AvgIpc) is 2.31. The molecule has 0 bridgehead atoms. The molecule has 1 aromatic rings. The number of halogens is 2. The Morgan fingerprint density at radius 1 is 1.12 bits per heavy atom. The van der Waals surface area contributed by atoms with E-state index in [0.29, 0.717) is 0 Å². The largest absolute Gasteiger partial charge is 0.317 e. The van der Waals surface area contributed by atoms with Crippen LogP contribution in [0.15, 0.2) is 30.3 Å². The molecule has 1 saturated heterocycles. The highest BCUT2D eigenvalue weighted by atomic mass is 19.3. The molecule has 3 heteroatoms. The van der Waals surface area contributed by atoms with Crippen molar-refractivity contribution in [2.24, 2.45) is 5.92 Å². The molecule has 16 heavy (non-hydrogen) atoms. The van der Waals surface area contributed by atoms with Crippen molar-refractivity contribution in [3.05, 3.63) is 35.9 Å². The lowest BCUT2D eigenvalue weighted by atomic mass is 9.89. The first-order valence-corrected chi connectivity index (χ1v) is 5.82. The van der Waals surface area contributed by atoms with E-state index >= 15 is 0 Å². The lowest BCUT2D eigenvalue weighted by Gasteiger charge is -2.27. The van der Waals surface area contributed by atoms with Gasteiger partial charge in [-0.3, -0.25) is 0 Å². The molecule has 0 saturated carbocycles. The molecular formula is C13H17F2N. The third-order valence-electron chi connectivity index (χ3n) is 3.20. The molecule has 0 spiro atoms. The predicted molar refractivity (Wildman–Crippen MR) is 60.5 cm³/mol. The van der Waals surface area contributed by atoms with Gasteiger partial charge in [-0.2, -0.15) is 0 Å². The maximum Gasteiger partial charge on any atom is 0.273 e. The van der Waals surface area contributed by atoms with Crippen LogP contribution in [-0.4, -0.2) is 13.1 Å². The second-order valence-electron chi connectivity index (χ2n) is 4.47. The number of rotatable bonds is 3. The summed E-state index contributed by atoms with van der Waals surface area (Å²) in [5, 5.41) is 3.20. The Kier molecular flexibility index (Phi) is 3.54. The van der Waals surface area contributed by atoms with Gasteiger partial charge >= 0.3 is 0 Å². The molecule has 1 N–H and O–H groups in total. The quantitative estimate of drug-likeness (QED) is 0.833. The van der Waals surface area contributed by atoms with E-state index in [-0.39, 0.29) is 17.9 Å². The molecule has 0 aromatic heterocycles. The van der Waals surface area contributed by atoms with Crippen LogP contribution in [0.1, 0.15) is 24.8 Å². The standard InChI is InChI=1S/C13H17F2N/c14-13(15,12-4-2-1-3-5-12)10-11-6-8-16-9-7-11/h1-5,11,16H,6-10H2. The van der Waals surface area contributed by atoms with Crippen LogP contribution in [0.25, 0.3) is 0 Å². The van der Waals surface area contributed by atoms with Crippen molar-refractivity contribution in [1.29, 1.82) is 0 Å². The van der Waals surface area contributed by atoms with E-state index in [1.807, 2.05) is 0 Å². The fraction of sp³-hybridized carbons (Fsp3) is 0.538. The Bertz CT molecular complexity index is 318. The van der Waals surface area contributed by atoms with Crippen LogP contribution in [0, 0.1) is 5.92 Å². The first kappa shape index (κ1) is 11.5. The highest BCUT2D eigenvalue weighted by molar-refractivity contribution is 5.19. The smallest absolute Gasteiger partial charge is 0.273 e. The highest BCUT2D eigenvalue weighted by Gasteiger charge is 2.34. The summed E-state index contributed by atoms with van der Waals surface area (Å²) >= 11 is 0. The van der Waals surface area contributed by atoms with E-state index in [1.54, 1.807) is 18.2 Å². The average molecular weight is 225 g/mol. The minimum Gasteiger partial charge on any atom is -0.317 e. The zero-order valence-electron chi connectivity index (χ0n) is 9.26. The minimum atomic E-state index is -2.68. The van der Waals surface area contributed by atoms with Crippen LogP contribution in [0.4, 0.5) is 8.78 Å². The molecule has 0 amide bonds. The van der Waals surface area contributed by atoms with E-state index in [0.717, 1.165) is 25.9 Å². The molecule has 0 atom stereocenters. The maximum absolute atomic E-state index is 13.9. The molecule has 1 nitrogen and oxygen atoms in total. The van der Waals surface area contributed by atoms with Crippen molar-refractivity contribution in [1.82, 2.24) is 5.32 Å². The number of benzene rings is 1. The fourth-order valence-corrected chi connectivity index (χ4v) is 2.25. The third-order valence-corrected chi connectivity index (χ3v) is 3.20. The predicted octanol–water partition coefficient (Wildman–Crippen LogP) is 3.17. The number of hydrogen-bond acceptors (Lipinski definition) is 1. The van der Waals surface area contributed by atoms with Crippen LogP contribution < -0.4 is 5.32 Å². The molecule has 88 valence electrons. The maximum atomic E-state index is 13.9. The number of alkyl halides is 2. The summed E-state index contributed by atoms with van der Waals surface area (Å²) < 4.78 is 27.8. The van der Waals surface area contributed by atoms with Crippen molar-refractivity contribution < 1.29 is 8.78 Å². The molecular weight excluding hydrogens is 208 g/mol. The number of hydrogen-bond donors (Lipinski definition) is 1. The summed E-state index contributed by atoms with van der Waals surface area (Å²) in [6.45, 7) is 1.74. The number of nitrogens with one attached hydrogen (secondary N) is 1. The Morgan fingerprint density at radius 2 is 1.75 bits per heavy atom. The summed E-state index contributed by atoms with van der Waals surface area (Å²) in [6.07, 6.45) is 1.71. The van der Waals surface area contributed by atoms with Gasteiger partial charge in [0.2, 0.25) is 0 Å². The summed E-state index contributed by atoms with van der Waals surface area (Å²) in [4.78, 5) is 0. The Morgan fingerprint density at radius 3 is 2.38 bits per heavy atom. The van der Waals surface area contributed by atoms with Crippen molar-refractivity contribution in [2.75, 3.05) is 13.1 Å². The van der Waals surface area contributed by atoms with Gasteiger partial charge in [-0.15, -0.1) is 0 Å². The summed E-state index contributed by atoms with van der Waals surface area (Å²) in [7, 11) is 0. The SMILES string of the molecule is FC(F)(CC1CCNCC1)c1ccccc1. The Hall–Kier alpha value is -0.960. The van der Waals surface area contributed by atoms with Gasteiger partial charge in [-0.05, 0) is 31.8 Å². The van der Waals surface area contributed by atoms with Crippen LogP contribution in [0.3, 0.4) is 0 Å². The molecule has 1 aliphatic rings. The lowest BCUT2D eigenvalue weighted by Crippen LogP contribution is -2.30.